The van der Waals surface area contributed by atoms with Gasteiger partial charge in [-0.05, 0) is 6.07 Å². The maximum Gasteiger partial charge on any atom is 0.220 e. The lowest BCUT2D eigenvalue weighted by molar-refractivity contribution is 0.385. The van der Waals surface area contributed by atoms with Crippen LogP contribution in [-0.2, 0) is 0 Å². The molecule has 0 aliphatic rings. The van der Waals surface area contributed by atoms with Crippen molar-refractivity contribution in [3.8, 4) is 29.2 Å². The molecular formula is C14H12N2O3. The van der Waals surface area contributed by atoms with Crippen LogP contribution in [-0.4, -0.2) is 19.2 Å². The zero-order valence-electron chi connectivity index (χ0n) is 10.6. The number of aromatic nitrogens is 1. The molecule has 0 unspecified atom stereocenters. The van der Waals surface area contributed by atoms with Crippen molar-refractivity contribution in [2.45, 2.75) is 0 Å². The third-order valence-electron chi connectivity index (χ3n) is 2.41. The SMILES string of the molecule is COc1cc(OC)cc(Oc2cc(C#N)ccn2)c1. The zero-order chi connectivity index (χ0) is 13.7. The highest BCUT2D eigenvalue weighted by molar-refractivity contribution is 5.43. The van der Waals surface area contributed by atoms with Gasteiger partial charge in [0.15, 0.2) is 0 Å². The van der Waals surface area contributed by atoms with Crippen LogP contribution in [0.4, 0.5) is 0 Å². The summed E-state index contributed by atoms with van der Waals surface area (Å²) >= 11 is 0. The number of methoxy groups -OCH3 is 2. The van der Waals surface area contributed by atoms with Crippen LogP contribution >= 0.6 is 0 Å². The van der Waals surface area contributed by atoms with Crippen molar-refractivity contribution in [1.29, 1.82) is 5.26 Å². The molecule has 0 N–H and O–H groups in total. The number of pyridine rings is 1. The molecule has 0 aliphatic heterocycles. The standard InChI is InChI=1S/C14H12N2O3/c1-17-11-6-12(18-2)8-13(7-11)19-14-5-10(9-15)3-4-16-14/h3-8H,1-2H3. The van der Waals surface area contributed by atoms with Gasteiger partial charge in [0.2, 0.25) is 5.88 Å². The summed E-state index contributed by atoms with van der Waals surface area (Å²) in [5.74, 6) is 2.10. The summed E-state index contributed by atoms with van der Waals surface area (Å²) in [4.78, 5) is 4.04. The second-order valence-corrected chi connectivity index (χ2v) is 3.64. The summed E-state index contributed by atoms with van der Waals surface area (Å²) in [6, 6.07) is 10.4. The Morgan fingerprint density at radius 1 is 1.00 bits per heavy atom. The van der Waals surface area contributed by atoms with Crippen molar-refractivity contribution in [3.63, 3.8) is 0 Å². The van der Waals surface area contributed by atoms with E-state index in [1.54, 1.807) is 44.6 Å². The van der Waals surface area contributed by atoms with Crippen LogP contribution in [0.1, 0.15) is 5.56 Å². The smallest absolute Gasteiger partial charge is 0.220 e. The molecule has 0 amide bonds. The van der Waals surface area contributed by atoms with Crippen molar-refractivity contribution >= 4 is 0 Å². The average Bonchev–Trinajstić information content (AvgIpc) is 2.47. The van der Waals surface area contributed by atoms with Gasteiger partial charge in [0.1, 0.15) is 17.2 Å². The largest absolute Gasteiger partial charge is 0.496 e. The van der Waals surface area contributed by atoms with E-state index in [0.717, 1.165) is 0 Å². The van der Waals surface area contributed by atoms with E-state index in [1.165, 1.54) is 6.20 Å². The molecule has 5 heteroatoms. The van der Waals surface area contributed by atoms with E-state index >= 15 is 0 Å². The predicted molar refractivity (Wildman–Crippen MR) is 68.6 cm³/mol. The summed E-state index contributed by atoms with van der Waals surface area (Å²) in [5.41, 5.74) is 0.486. The maximum atomic E-state index is 8.82. The first-order valence-electron chi connectivity index (χ1n) is 5.52. The molecule has 2 rings (SSSR count). The summed E-state index contributed by atoms with van der Waals surface area (Å²) in [5, 5.41) is 8.82. The van der Waals surface area contributed by atoms with E-state index in [1.807, 2.05) is 6.07 Å². The van der Waals surface area contributed by atoms with E-state index < -0.39 is 0 Å². The molecule has 0 aliphatic carbocycles. The number of hydrogen-bond donors (Lipinski definition) is 0. The van der Waals surface area contributed by atoms with Crippen LogP contribution in [0.5, 0.6) is 23.1 Å². The molecule has 19 heavy (non-hydrogen) atoms. The normalized spacial score (nSPS) is 9.53. The summed E-state index contributed by atoms with van der Waals surface area (Å²) in [6.07, 6.45) is 1.52. The van der Waals surface area contributed by atoms with Crippen LogP contribution < -0.4 is 14.2 Å². The average molecular weight is 256 g/mol. The first-order valence-corrected chi connectivity index (χ1v) is 5.52. The quantitative estimate of drug-likeness (QED) is 0.841. The molecule has 1 aromatic carbocycles. The molecule has 96 valence electrons. The van der Waals surface area contributed by atoms with E-state index in [2.05, 4.69) is 4.98 Å². The molecule has 0 fully saturated rings. The minimum absolute atomic E-state index is 0.342. The Morgan fingerprint density at radius 2 is 1.63 bits per heavy atom. The van der Waals surface area contributed by atoms with Gasteiger partial charge >= 0.3 is 0 Å². The van der Waals surface area contributed by atoms with Gasteiger partial charge in [0.25, 0.3) is 0 Å². The highest BCUT2D eigenvalue weighted by Crippen LogP contribution is 2.30. The molecule has 0 spiro atoms. The zero-order valence-corrected chi connectivity index (χ0v) is 10.6. The lowest BCUT2D eigenvalue weighted by Gasteiger charge is -2.09. The Bertz CT molecular complexity index is 598. The van der Waals surface area contributed by atoms with E-state index in [0.29, 0.717) is 28.7 Å². The Labute approximate surface area is 111 Å². The molecular weight excluding hydrogens is 244 g/mol. The molecule has 0 radical (unpaired) electrons. The molecule has 0 atom stereocenters. The summed E-state index contributed by atoms with van der Waals surface area (Å²) < 4.78 is 15.9. The van der Waals surface area contributed by atoms with Gasteiger partial charge in [-0.2, -0.15) is 5.26 Å². The number of rotatable bonds is 4. The monoisotopic (exact) mass is 256 g/mol. The van der Waals surface area contributed by atoms with Gasteiger partial charge in [0.05, 0.1) is 25.9 Å². The lowest BCUT2D eigenvalue weighted by atomic mass is 10.3. The van der Waals surface area contributed by atoms with E-state index in [-0.39, 0.29) is 0 Å². The second kappa shape index (κ2) is 5.74. The van der Waals surface area contributed by atoms with Gasteiger partial charge in [-0.3, -0.25) is 0 Å². The van der Waals surface area contributed by atoms with Gasteiger partial charge in [0, 0.05) is 30.5 Å². The Balaban J connectivity index is 2.29. The Hall–Kier alpha value is -2.74. The summed E-state index contributed by atoms with van der Waals surface area (Å²) in [6.45, 7) is 0. The number of benzene rings is 1. The Kier molecular flexibility index (Phi) is 3.84. The molecule has 5 nitrogen and oxygen atoms in total. The fourth-order valence-corrected chi connectivity index (χ4v) is 1.50. The van der Waals surface area contributed by atoms with E-state index in [9.17, 15) is 0 Å². The van der Waals surface area contributed by atoms with Crippen molar-refractivity contribution < 1.29 is 14.2 Å². The maximum absolute atomic E-state index is 8.82. The van der Waals surface area contributed by atoms with Crippen LogP contribution in [0.2, 0.25) is 0 Å². The molecule has 0 saturated carbocycles. The lowest BCUT2D eigenvalue weighted by Crippen LogP contribution is -1.92. The number of ether oxygens (including phenoxy) is 3. The summed E-state index contributed by atoms with van der Waals surface area (Å²) in [7, 11) is 3.13. The van der Waals surface area contributed by atoms with Gasteiger partial charge in [-0.25, -0.2) is 4.98 Å². The number of nitriles is 1. The van der Waals surface area contributed by atoms with Crippen LogP contribution in [0, 0.1) is 11.3 Å². The van der Waals surface area contributed by atoms with Gasteiger partial charge in [-0.1, -0.05) is 0 Å². The van der Waals surface area contributed by atoms with E-state index in [4.69, 9.17) is 19.5 Å². The van der Waals surface area contributed by atoms with Gasteiger partial charge in [-0.15, -0.1) is 0 Å². The van der Waals surface area contributed by atoms with Gasteiger partial charge < -0.3 is 14.2 Å². The first-order chi connectivity index (χ1) is 9.25. The number of nitrogens with zero attached hydrogens (tertiary/aromatic N) is 2. The topological polar surface area (TPSA) is 64.4 Å². The third-order valence-corrected chi connectivity index (χ3v) is 2.41. The highest BCUT2D eigenvalue weighted by atomic mass is 16.5. The van der Waals surface area contributed by atoms with Crippen molar-refractivity contribution in [3.05, 3.63) is 42.1 Å². The molecule has 1 heterocycles. The van der Waals surface area contributed by atoms with Crippen LogP contribution in [0.25, 0.3) is 0 Å². The molecule has 1 aromatic heterocycles. The van der Waals surface area contributed by atoms with Crippen molar-refractivity contribution in [1.82, 2.24) is 4.98 Å². The predicted octanol–water partition coefficient (Wildman–Crippen LogP) is 2.76. The molecule has 0 bridgehead atoms. The second-order valence-electron chi connectivity index (χ2n) is 3.64. The first kappa shape index (κ1) is 12.7. The fraction of sp³-hybridized carbons (Fsp3) is 0.143. The van der Waals surface area contributed by atoms with Crippen LogP contribution in [0.15, 0.2) is 36.5 Å². The third kappa shape index (κ3) is 3.13. The minimum atomic E-state index is 0.342. The van der Waals surface area contributed by atoms with Crippen LogP contribution in [0.3, 0.4) is 0 Å². The fourth-order valence-electron chi connectivity index (χ4n) is 1.50. The van der Waals surface area contributed by atoms with Crippen molar-refractivity contribution in [2.75, 3.05) is 14.2 Å². The molecule has 2 aromatic rings. The minimum Gasteiger partial charge on any atom is -0.496 e. The highest BCUT2D eigenvalue weighted by Gasteiger charge is 2.05. The van der Waals surface area contributed by atoms with Crippen molar-refractivity contribution in [2.24, 2.45) is 0 Å². The molecule has 0 saturated heterocycles. The Morgan fingerprint density at radius 3 is 2.21 bits per heavy atom. The number of hydrogen-bond acceptors (Lipinski definition) is 5.